The third-order valence-electron chi connectivity index (χ3n) is 26.2. The molecule has 4 aliphatic rings. The van der Waals surface area contributed by atoms with Gasteiger partial charge >= 0.3 is 0 Å². The van der Waals surface area contributed by atoms with Gasteiger partial charge in [0.2, 0.25) is 13.6 Å². The molecule has 0 saturated heterocycles. The summed E-state index contributed by atoms with van der Waals surface area (Å²) in [6.07, 6.45) is 9.84. The highest BCUT2D eigenvalue weighted by Crippen LogP contribution is 2.55. The Hall–Kier alpha value is -13.3. The molecule has 0 aromatic heterocycles. The third-order valence-corrected chi connectivity index (χ3v) is 41.1. The van der Waals surface area contributed by atoms with Gasteiger partial charge in [0.25, 0.3) is 0 Å². The standard InChI is InChI=1S/C44H40P2.C44H32P2.C38H28O4P2/c2*1-5-19-35(20-6-1)45(36-21-7-2-8-22-36)41-31-29-33-17-13-15-27-39(33)43(41)44-40-28-16-14-18-34(40)30-32-42(44)46(37-23-9-3-10-24-37)38-25-11-4-12-26-38;1-5-13-27(14-6-1)43(28-15-7-2-8-16-28)33-23-21-31-37(41-25-39-31)35(33)36-34(24-22-32-38(36)42-26-40-32)44(29-17-9-3-10-18-29)30-19-11-4-12-20-30/h1-12,19-26,29-32H,13-18,27-28H2;1-32H;1-24H,25-26H2. The summed E-state index contributed by atoms with van der Waals surface area (Å²) in [4.78, 5) is 0. The largest absolute Gasteiger partial charge is 0.454 e. The molecule has 136 heavy (non-hydrogen) atoms. The summed E-state index contributed by atoms with van der Waals surface area (Å²) >= 11 is 0. The van der Waals surface area contributed by atoms with E-state index in [-0.39, 0.29) is 13.6 Å². The number of benzene rings is 20. The molecule has 0 bridgehead atoms. The molecule has 4 nitrogen and oxygen atoms in total. The minimum absolute atomic E-state index is 0.175. The first-order valence-electron chi connectivity index (χ1n) is 47.2. The lowest BCUT2D eigenvalue weighted by Crippen LogP contribution is -2.29. The van der Waals surface area contributed by atoms with Gasteiger partial charge in [-0.2, -0.15) is 0 Å². The van der Waals surface area contributed by atoms with Crippen molar-refractivity contribution >= 4 is 165 Å². The first-order chi connectivity index (χ1) is 67.6. The maximum atomic E-state index is 6.35. The van der Waals surface area contributed by atoms with Crippen molar-refractivity contribution in [2.75, 3.05) is 13.6 Å². The van der Waals surface area contributed by atoms with Crippen LogP contribution in [0.2, 0.25) is 0 Å². The topological polar surface area (TPSA) is 36.9 Å². The summed E-state index contributed by atoms with van der Waals surface area (Å²) in [6, 6.07) is 179. The van der Waals surface area contributed by atoms with Crippen LogP contribution < -0.4 is 114 Å². The average Bonchev–Trinajstić information content (AvgIpc) is 1.11. The maximum Gasteiger partial charge on any atom is 0.231 e. The fourth-order valence-corrected chi connectivity index (χ4v) is 35.1. The van der Waals surface area contributed by atoms with Crippen molar-refractivity contribution in [1.29, 1.82) is 0 Å². The zero-order valence-electron chi connectivity index (χ0n) is 75.6. The Bertz CT molecular complexity index is 6840. The Morgan fingerprint density at radius 1 is 0.154 bits per heavy atom. The summed E-state index contributed by atoms with van der Waals surface area (Å²) in [5.74, 6) is 2.99. The Labute approximate surface area is 806 Å². The summed E-state index contributed by atoms with van der Waals surface area (Å²) < 4.78 is 24.7. The number of aryl methyl sites for hydroxylation is 2. The molecule has 0 unspecified atom stereocenters. The lowest BCUT2D eigenvalue weighted by Gasteiger charge is -2.33. The molecule has 0 atom stereocenters. The molecule has 24 rings (SSSR count). The summed E-state index contributed by atoms with van der Waals surface area (Å²) in [6.45, 7) is 0.350. The normalized spacial score (nSPS) is 12.9. The Morgan fingerprint density at radius 2 is 0.353 bits per heavy atom. The average molecular weight is 1860 g/mol. The van der Waals surface area contributed by atoms with Gasteiger partial charge in [0.15, 0.2) is 23.0 Å². The highest BCUT2D eigenvalue weighted by atomic mass is 31.1. The molecule has 2 aliphatic heterocycles. The quantitative estimate of drug-likeness (QED) is 0.0672. The van der Waals surface area contributed by atoms with E-state index in [1.165, 1.54) is 180 Å². The molecule has 0 amide bonds. The van der Waals surface area contributed by atoms with Crippen molar-refractivity contribution in [2.45, 2.75) is 51.4 Å². The van der Waals surface area contributed by atoms with Crippen molar-refractivity contribution < 1.29 is 18.9 Å². The van der Waals surface area contributed by atoms with Gasteiger partial charge in [-0.05, 0) is 285 Å². The van der Waals surface area contributed by atoms with Gasteiger partial charge in [-0.15, -0.1) is 0 Å². The molecule has 0 fully saturated rings. The molecule has 658 valence electrons. The molecular weight excluding hydrogens is 1760 g/mol. The molecule has 20 aromatic rings. The van der Waals surface area contributed by atoms with E-state index in [1.807, 2.05) is 0 Å². The summed E-state index contributed by atoms with van der Waals surface area (Å²) in [5.41, 5.74) is 14.3. The van der Waals surface area contributed by atoms with Crippen molar-refractivity contribution in [3.05, 3.63) is 508 Å². The predicted molar refractivity (Wildman–Crippen MR) is 588 cm³/mol. The second-order valence-corrected chi connectivity index (χ2v) is 47.5. The van der Waals surface area contributed by atoms with Crippen LogP contribution in [0.25, 0.3) is 54.9 Å². The van der Waals surface area contributed by atoms with Crippen LogP contribution in [0.5, 0.6) is 23.0 Å². The Balaban J connectivity index is 0.000000118. The minimum atomic E-state index is -0.968. The Kier molecular flexibility index (Phi) is 26.9. The number of fused-ring (bicyclic) bond motifs is 6. The predicted octanol–water partition coefficient (Wildman–Crippen LogP) is 24.1. The minimum Gasteiger partial charge on any atom is -0.454 e. The molecule has 0 N–H and O–H groups in total. The maximum absolute atomic E-state index is 6.35. The van der Waals surface area contributed by atoms with Gasteiger partial charge in [-0.3, -0.25) is 0 Å². The number of hydrogen-bond acceptors (Lipinski definition) is 4. The zero-order valence-corrected chi connectivity index (χ0v) is 80.9. The Morgan fingerprint density at radius 3 is 0.603 bits per heavy atom. The lowest BCUT2D eigenvalue weighted by molar-refractivity contribution is 0.173. The lowest BCUT2D eigenvalue weighted by atomic mass is 9.81. The van der Waals surface area contributed by atoms with Gasteiger partial charge in [0.05, 0.1) is 0 Å². The van der Waals surface area contributed by atoms with Crippen molar-refractivity contribution in [3.63, 3.8) is 0 Å². The molecule has 0 spiro atoms. The molecule has 10 heteroatoms. The first kappa shape index (κ1) is 88.0. The summed E-state index contributed by atoms with van der Waals surface area (Å²) in [7, 11) is -5.14. The van der Waals surface area contributed by atoms with E-state index in [2.05, 4.69) is 485 Å². The van der Waals surface area contributed by atoms with Crippen LogP contribution in [-0.4, -0.2) is 13.6 Å². The van der Waals surface area contributed by atoms with Crippen LogP contribution in [0.4, 0.5) is 0 Å². The van der Waals surface area contributed by atoms with Crippen molar-refractivity contribution in [3.8, 4) is 56.4 Å². The number of ether oxygens (including phenoxy) is 4. The molecule has 0 saturated carbocycles. The molecule has 0 radical (unpaired) electrons. The third kappa shape index (κ3) is 18.1. The van der Waals surface area contributed by atoms with E-state index in [0.29, 0.717) is 0 Å². The fourth-order valence-electron chi connectivity index (χ4n) is 20.2. The van der Waals surface area contributed by atoms with E-state index in [0.717, 1.165) is 34.1 Å². The van der Waals surface area contributed by atoms with Gasteiger partial charge in [-0.25, -0.2) is 0 Å². The fraction of sp³-hybridized carbons (Fsp3) is 0.0794. The van der Waals surface area contributed by atoms with Gasteiger partial charge in [0.1, 0.15) is 0 Å². The van der Waals surface area contributed by atoms with E-state index < -0.39 is 47.5 Å². The van der Waals surface area contributed by atoms with E-state index in [1.54, 1.807) is 33.4 Å². The SMILES string of the molecule is c1ccc(P(c2ccccc2)c2ccc3c(c2-c2c(P(c4ccccc4)c4ccccc4)ccc4c2CCCC4)CCCC3)cc1.c1ccc(P(c2ccccc2)c2ccc3c(c2-c2c(P(c4ccccc4)c4ccccc4)ccc4c2OCO4)OCO3)cc1.c1ccc(P(c2ccccc2)c2ccc3ccccc3c2-c2c(P(c3ccccc3)c3ccccc3)ccc3ccccc23)cc1. The van der Waals surface area contributed by atoms with Gasteiger partial charge in [0, 0.05) is 11.1 Å². The van der Waals surface area contributed by atoms with Crippen molar-refractivity contribution in [1.82, 2.24) is 0 Å². The van der Waals surface area contributed by atoms with Crippen LogP contribution in [0.3, 0.4) is 0 Å². The number of hydrogen-bond donors (Lipinski definition) is 0. The molecular formula is C126H100O4P6. The monoisotopic (exact) mass is 1860 g/mol. The van der Waals surface area contributed by atoms with Crippen LogP contribution in [0.15, 0.2) is 485 Å². The van der Waals surface area contributed by atoms with E-state index in [4.69, 9.17) is 18.9 Å². The number of rotatable bonds is 21. The smallest absolute Gasteiger partial charge is 0.231 e. The zero-order chi connectivity index (χ0) is 90.7. The summed E-state index contributed by atoms with van der Waals surface area (Å²) in [5, 5.41) is 29.5. The second-order valence-electron chi connectivity index (χ2n) is 34.4. The van der Waals surface area contributed by atoms with Crippen LogP contribution >= 0.6 is 47.5 Å². The highest BCUT2D eigenvalue weighted by Gasteiger charge is 2.38. The highest BCUT2D eigenvalue weighted by molar-refractivity contribution is 7.82. The van der Waals surface area contributed by atoms with Crippen LogP contribution in [0.1, 0.15) is 47.9 Å². The second kappa shape index (κ2) is 41.5. The molecule has 2 heterocycles. The van der Waals surface area contributed by atoms with Crippen LogP contribution in [0, 0.1) is 0 Å². The molecule has 2 aliphatic carbocycles. The van der Waals surface area contributed by atoms with E-state index in [9.17, 15) is 0 Å². The first-order valence-corrected chi connectivity index (χ1v) is 55.3. The molecule has 20 aromatic carbocycles. The van der Waals surface area contributed by atoms with Crippen LogP contribution in [-0.2, 0) is 25.7 Å². The van der Waals surface area contributed by atoms with Gasteiger partial charge in [-0.1, -0.05) is 461 Å². The van der Waals surface area contributed by atoms with Gasteiger partial charge < -0.3 is 18.9 Å². The van der Waals surface area contributed by atoms with Crippen molar-refractivity contribution in [2.24, 2.45) is 0 Å². The van der Waals surface area contributed by atoms with E-state index >= 15 is 0 Å².